The molecule has 0 spiro atoms. The van der Waals surface area contributed by atoms with Crippen LogP contribution in [0.1, 0.15) is 48.8 Å². The molecule has 0 atom stereocenters. The molecule has 0 saturated heterocycles. The number of amides is 2. The van der Waals surface area contributed by atoms with Crippen LogP contribution in [-0.2, 0) is 11.0 Å². The lowest BCUT2D eigenvalue weighted by atomic mass is 10.1. The fraction of sp³-hybridized carbons (Fsp3) is 0.217. The highest BCUT2D eigenvalue weighted by atomic mass is 19.4. The number of hydrogen-bond donors (Lipinski definition) is 2. The van der Waals surface area contributed by atoms with E-state index in [2.05, 4.69) is 16.0 Å². The number of nitrogens with one attached hydrogen (secondary N) is 2. The van der Waals surface area contributed by atoms with Crippen molar-refractivity contribution in [3.63, 3.8) is 0 Å². The molecule has 0 aliphatic rings. The van der Waals surface area contributed by atoms with Crippen LogP contribution in [0.25, 0.3) is 5.69 Å². The highest BCUT2D eigenvalue weighted by Crippen LogP contribution is 2.31. The van der Waals surface area contributed by atoms with Crippen molar-refractivity contribution in [3.8, 4) is 5.69 Å². The van der Waals surface area contributed by atoms with Gasteiger partial charge in [0.2, 0.25) is 0 Å². The van der Waals surface area contributed by atoms with Gasteiger partial charge in [0.15, 0.2) is 0 Å². The number of alkyl halides is 3. The molecule has 1 heterocycles. The van der Waals surface area contributed by atoms with Gasteiger partial charge < -0.3 is 0 Å². The molecular weight excluding hydrogens is 437 g/mol. The number of aryl methyl sites for hydroxylation is 3. The number of Topliss-reactive ketones (excluding diaryl/α,β-unsaturated/α-hetero) is 1. The lowest BCUT2D eigenvalue weighted by Gasteiger charge is -2.10. The van der Waals surface area contributed by atoms with Gasteiger partial charge in [0.05, 0.1) is 28.2 Å². The summed E-state index contributed by atoms with van der Waals surface area (Å²) in [7, 11) is 0. The Labute approximate surface area is 187 Å². The first-order valence-electron chi connectivity index (χ1n) is 9.86. The molecule has 1 aromatic heterocycles. The van der Waals surface area contributed by atoms with E-state index in [-0.39, 0.29) is 22.6 Å². The van der Waals surface area contributed by atoms with Gasteiger partial charge in [0, 0.05) is 5.56 Å². The van der Waals surface area contributed by atoms with Crippen LogP contribution in [0.2, 0.25) is 0 Å². The van der Waals surface area contributed by atoms with Gasteiger partial charge in [-0.15, -0.1) is 0 Å². The van der Waals surface area contributed by atoms with Crippen molar-refractivity contribution >= 4 is 17.6 Å². The van der Waals surface area contributed by atoms with E-state index in [0.717, 1.165) is 17.7 Å². The molecule has 172 valence electrons. The van der Waals surface area contributed by atoms with Crippen LogP contribution in [0.4, 0.5) is 13.2 Å². The zero-order chi connectivity index (χ0) is 24.5. The quantitative estimate of drug-likeness (QED) is 0.354. The molecule has 3 rings (SSSR count). The highest BCUT2D eigenvalue weighted by molar-refractivity contribution is 6.43. The van der Waals surface area contributed by atoms with E-state index in [1.54, 1.807) is 25.1 Å². The molecule has 0 unspecified atom stereocenters. The van der Waals surface area contributed by atoms with Crippen molar-refractivity contribution in [2.24, 2.45) is 0 Å². The number of halogens is 3. The molecule has 33 heavy (non-hydrogen) atoms. The summed E-state index contributed by atoms with van der Waals surface area (Å²) in [6.07, 6.45) is -4.54. The van der Waals surface area contributed by atoms with Crippen molar-refractivity contribution in [1.82, 2.24) is 20.6 Å². The van der Waals surface area contributed by atoms with Crippen molar-refractivity contribution in [2.45, 2.75) is 33.9 Å². The Morgan fingerprint density at radius 1 is 0.939 bits per heavy atom. The summed E-state index contributed by atoms with van der Waals surface area (Å²) in [5.41, 5.74) is 5.78. The minimum Gasteiger partial charge on any atom is -0.283 e. The fourth-order valence-electron chi connectivity index (χ4n) is 3.46. The van der Waals surface area contributed by atoms with Crippen LogP contribution >= 0.6 is 0 Å². The van der Waals surface area contributed by atoms with Gasteiger partial charge in [-0.25, -0.2) is 4.68 Å². The Hall–Kier alpha value is -3.95. The molecule has 0 aliphatic heterocycles. The second-order valence-corrected chi connectivity index (χ2v) is 7.56. The number of hydrazine groups is 1. The predicted octanol–water partition coefficient (Wildman–Crippen LogP) is 3.77. The Morgan fingerprint density at radius 2 is 1.64 bits per heavy atom. The van der Waals surface area contributed by atoms with Crippen LogP contribution in [0.15, 0.2) is 42.5 Å². The van der Waals surface area contributed by atoms with E-state index < -0.39 is 29.3 Å². The van der Waals surface area contributed by atoms with E-state index in [0.29, 0.717) is 11.1 Å². The summed E-state index contributed by atoms with van der Waals surface area (Å²) in [6, 6.07) is 9.60. The van der Waals surface area contributed by atoms with Gasteiger partial charge in [0.1, 0.15) is 0 Å². The fourth-order valence-corrected chi connectivity index (χ4v) is 3.46. The average molecular weight is 458 g/mol. The molecule has 10 heteroatoms. The van der Waals surface area contributed by atoms with Crippen molar-refractivity contribution in [1.29, 1.82) is 0 Å². The highest BCUT2D eigenvalue weighted by Gasteiger charge is 2.31. The first kappa shape index (κ1) is 23.7. The first-order chi connectivity index (χ1) is 15.4. The zero-order valence-corrected chi connectivity index (χ0v) is 18.3. The Balaban J connectivity index is 1.80. The summed E-state index contributed by atoms with van der Waals surface area (Å²) in [6.45, 7) is 6.55. The van der Waals surface area contributed by atoms with Crippen molar-refractivity contribution in [3.05, 3.63) is 81.7 Å². The second-order valence-electron chi connectivity index (χ2n) is 7.56. The molecule has 3 aromatic rings. The number of carbonyl (C=O) groups is 3. The van der Waals surface area contributed by atoms with Gasteiger partial charge in [-0.3, -0.25) is 25.2 Å². The van der Waals surface area contributed by atoms with Crippen LogP contribution in [0, 0.1) is 27.7 Å². The molecule has 0 saturated carbocycles. The minimum absolute atomic E-state index is 0.0642. The summed E-state index contributed by atoms with van der Waals surface area (Å²) in [5, 5.41) is 4.13. The van der Waals surface area contributed by atoms with E-state index >= 15 is 0 Å². The van der Waals surface area contributed by atoms with E-state index in [1.165, 1.54) is 30.7 Å². The summed E-state index contributed by atoms with van der Waals surface area (Å²) >= 11 is 0. The molecule has 7 nitrogen and oxygen atoms in total. The summed E-state index contributed by atoms with van der Waals surface area (Å²) < 4.78 is 40.3. The standard InChI is InChI=1S/C23H21F3N4O3/c1-12-8-9-18(13(2)10-12)21(32)27-28-22(33)20(31)19-14(3)29-30(15(19)4)17-7-5-6-16(11-17)23(24,25)26/h5-11H,1-4H3,(H,27,32)(H,28,33). The maximum absolute atomic E-state index is 13.0. The predicted molar refractivity (Wildman–Crippen MR) is 114 cm³/mol. The molecule has 0 aliphatic carbocycles. The number of carbonyl (C=O) groups excluding carboxylic acids is 3. The van der Waals surface area contributed by atoms with Crippen molar-refractivity contribution < 1.29 is 27.6 Å². The van der Waals surface area contributed by atoms with E-state index in [4.69, 9.17) is 0 Å². The molecule has 2 N–H and O–H groups in total. The van der Waals surface area contributed by atoms with Gasteiger partial charge in [-0.2, -0.15) is 18.3 Å². The molecule has 0 bridgehead atoms. The van der Waals surface area contributed by atoms with Crippen LogP contribution in [0.3, 0.4) is 0 Å². The van der Waals surface area contributed by atoms with Gasteiger partial charge >= 0.3 is 12.1 Å². The SMILES string of the molecule is Cc1ccc(C(=O)NNC(=O)C(=O)c2c(C)nn(-c3cccc(C(F)(F)F)c3)c2C)c(C)c1. The zero-order valence-electron chi connectivity index (χ0n) is 18.3. The molecule has 0 radical (unpaired) electrons. The minimum atomic E-state index is -4.54. The smallest absolute Gasteiger partial charge is 0.283 e. The molecular formula is C23H21F3N4O3. The summed E-state index contributed by atoms with van der Waals surface area (Å²) in [4.78, 5) is 37.4. The Bertz CT molecular complexity index is 1260. The normalized spacial score (nSPS) is 11.2. The number of nitrogens with zero attached hydrogens (tertiary/aromatic N) is 2. The number of aromatic nitrogens is 2. The van der Waals surface area contributed by atoms with Crippen LogP contribution < -0.4 is 10.9 Å². The van der Waals surface area contributed by atoms with Gasteiger partial charge in [-0.1, -0.05) is 23.8 Å². The second kappa shape index (κ2) is 8.89. The third-order valence-corrected chi connectivity index (χ3v) is 5.06. The third-order valence-electron chi connectivity index (χ3n) is 5.06. The van der Waals surface area contributed by atoms with E-state index in [1.807, 2.05) is 6.92 Å². The number of hydrogen-bond acceptors (Lipinski definition) is 4. The Kier molecular flexibility index (Phi) is 6.39. The van der Waals surface area contributed by atoms with Gasteiger partial charge in [0.25, 0.3) is 11.7 Å². The maximum Gasteiger partial charge on any atom is 0.416 e. The monoisotopic (exact) mass is 458 g/mol. The molecule has 2 aromatic carbocycles. The van der Waals surface area contributed by atoms with Gasteiger partial charge in [-0.05, 0) is 57.5 Å². The molecule has 2 amide bonds. The molecule has 0 fully saturated rings. The number of ketones is 1. The lowest BCUT2D eigenvalue weighted by molar-refractivity contribution is -0.137. The summed E-state index contributed by atoms with van der Waals surface area (Å²) in [5.74, 6) is -2.69. The topological polar surface area (TPSA) is 93.1 Å². The maximum atomic E-state index is 13.0. The third kappa shape index (κ3) is 4.94. The number of benzene rings is 2. The number of rotatable bonds is 4. The van der Waals surface area contributed by atoms with Crippen LogP contribution in [0.5, 0.6) is 0 Å². The Morgan fingerprint density at radius 3 is 2.27 bits per heavy atom. The average Bonchev–Trinajstić information content (AvgIpc) is 3.04. The van der Waals surface area contributed by atoms with Crippen LogP contribution in [-0.4, -0.2) is 27.4 Å². The lowest BCUT2D eigenvalue weighted by Crippen LogP contribution is -2.45. The first-order valence-corrected chi connectivity index (χ1v) is 9.86. The van der Waals surface area contributed by atoms with E-state index in [9.17, 15) is 27.6 Å². The van der Waals surface area contributed by atoms with Crippen molar-refractivity contribution in [2.75, 3.05) is 0 Å². The largest absolute Gasteiger partial charge is 0.416 e.